The summed E-state index contributed by atoms with van der Waals surface area (Å²) in [5.41, 5.74) is 2.35. The molecular formula is C24H35N3O4+2. The highest BCUT2D eigenvalue weighted by molar-refractivity contribution is 5.76. The van der Waals surface area contributed by atoms with E-state index in [4.69, 9.17) is 14.2 Å². The lowest BCUT2D eigenvalue weighted by molar-refractivity contribution is -1.02. The van der Waals surface area contributed by atoms with Crippen molar-refractivity contribution in [3.05, 3.63) is 53.6 Å². The van der Waals surface area contributed by atoms with Crippen LogP contribution in [0.15, 0.2) is 42.5 Å². The highest BCUT2D eigenvalue weighted by Crippen LogP contribution is 2.27. The number of amides is 1. The largest absolute Gasteiger partial charge is 0.497 e. The molecule has 1 aliphatic rings. The summed E-state index contributed by atoms with van der Waals surface area (Å²) in [6, 6.07) is 14.0. The zero-order chi connectivity index (χ0) is 22.2. The van der Waals surface area contributed by atoms with Gasteiger partial charge in [-0.15, -0.1) is 0 Å². The number of methoxy groups -OCH3 is 3. The van der Waals surface area contributed by atoms with E-state index < -0.39 is 0 Å². The molecule has 168 valence electrons. The number of hydrogen-bond acceptors (Lipinski definition) is 4. The summed E-state index contributed by atoms with van der Waals surface area (Å²) in [6.45, 7) is 6.25. The molecule has 31 heavy (non-hydrogen) atoms. The fourth-order valence-electron chi connectivity index (χ4n) is 4.03. The van der Waals surface area contributed by atoms with Gasteiger partial charge in [-0.2, -0.15) is 0 Å². The van der Waals surface area contributed by atoms with E-state index in [1.807, 2.05) is 42.3 Å². The lowest BCUT2D eigenvalue weighted by Crippen LogP contribution is -3.28. The third-order valence-electron chi connectivity index (χ3n) is 5.97. The van der Waals surface area contributed by atoms with Crippen LogP contribution in [0.4, 0.5) is 0 Å². The van der Waals surface area contributed by atoms with Crippen molar-refractivity contribution in [1.82, 2.24) is 4.90 Å². The number of nitrogens with one attached hydrogen (secondary N) is 2. The molecule has 3 rings (SSSR count). The Bertz CT molecular complexity index is 848. The Morgan fingerprint density at radius 3 is 2.06 bits per heavy atom. The fourth-order valence-corrected chi connectivity index (χ4v) is 4.03. The Kier molecular flexibility index (Phi) is 8.14. The number of ether oxygens (including phenoxy) is 3. The minimum absolute atomic E-state index is 0.189. The summed E-state index contributed by atoms with van der Waals surface area (Å²) in [6.07, 6.45) is 0. The van der Waals surface area contributed by atoms with Gasteiger partial charge in [-0.25, -0.2) is 0 Å². The number of rotatable bonds is 9. The molecule has 0 unspecified atom stereocenters. The molecule has 2 aromatic carbocycles. The maximum Gasteiger partial charge on any atom is 0.277 e. The summed E-state index contributed by atoms with van der Waals surface area (Å²) >= 11 is 0. The van der Waals surface area contributed by atoms with Crippen molar-refractivity contribution >= 4 is 5.91 Å². The molecule has 1 amide bonds. The molecule has 7 heteroatoms. The van der Waals surface area contributed by atoms with Crippen molar-refractivity contribution in [3.63, 3.8) is 0 Å². The first-order valence-corrected chi connectivity index (χ1v) is 10.8. The van der Waals surface area contributed by atoms with Gasteiger partial charge in [0.15, 0.2) is 18.0 Å². The van der Waals surface area contributed by atoms with Gasteiger partial charge in [0.25, 0.3) is 5.91 Å². The van der Waals surface area contributed by atoms with Gasteiger partial charge < -0.3 is 28.9 Å². The van der Waals surface area contributed by atoms with Crippen LogP contribution >= 0.6 is 0 Å². The molecule has 1 saturated heterocycles. The third kappa shape index (κ3) is 6.35. The standard InChI is InChI=1S/C24H33N3O4/c1-25(16-19-5-8-21(29-2)9-6-19)24(28)18-27-13-11-26(12-14-27)17-20-7-10-22(30-3)23(15-20)31-4/h5-10,15H,11-14,16-18H2,1-4H3/p+2. The molecule has 0 aromatic heterocycles. The number of quaternary nitrogens is 2. The maximum atomic E-state index is 12.7. The van der Waals surface area contributed by atoms with E-state index >= 15 is 0 Å². The first kappa shape index (κ1) is 22.9. The van der Waals surface area contributed by atoms with Crippen LogP contribution in [-0.4, -0.2) is 71.9 Å². The van der Waals surface area contributed by atoms with Gasteiger partial charge in [0.2, 0.25) is 0 Å². The predicted molar refractivity (Wildman–Crippen MR) is 119 cm³/mol. The highest BCUT2D eigenvalue weighted by atomic mass is 16.5. The lowest BCUT2D eigenvalue weighted by atomic mass is 10.1. The second-order valence-electron chi connectivity index (χ2n) is 8.14. The van der Waals surface area contributed by atoms with E-state index in [9.17, 15) is 4.79 Å². The quantitative estimate of drug-likeness (QED) is 0.573. The molecule has 1 aliphatic heterocycles. The topological polar surface area (TPSA) is 56.9 Å². The zero-order valence-electron chi connectivity index (χ0n) is 19.1. The van der Waals surface area contributed by atoms with Crippen molar-refractivity contribution in [3.8, 4) is 17.2 Å². The van der Waals surface area contributed by atoms with Crippen molar-refractivity contribution in [2.45, 2.75) is 13.1 Å². The van der Waals surface area contributed by atoms with Crippen molar-refractivity contribution < 1.29 is 28.8 Å². The smallest absolute Gasteiger partial charge is 0.277 e. The highest BCUT2D eigenvalue weighted by Gasteiger charge is 2.26. The average molecular weight is 430 g/mol. The van der Waals surface area contributed by atoms with Gasteiger partial charge in [-0.05, 0) is 35.9 Å². The SMILES string of the molecule is COc1ccc(CN(C)C(=O)C[NH+]2CC[NH+](Cc3ccc(OC)c(OC)c3)CC2)cc1. The predicted octanol–water partition coefficient (Wildman–Crippen LogP) is -0.346. The normalized spacial score (nSPS) is 18.3. The van der Waals surface area contributed by atoms with Crippen LogP contribution in [0.3, 0.4) is 0 Å². The number of hydrogen-bond donors (Lipinski definition) is 2. The number of carbonyl (C=O) groups is 1. The van der Waals surface area contributed by atoms with Gasteiger partial charge in [-0.3, -0.25) is 4.79 Å². The number of piperazine rings is 1. The Morgan fingerprint density at radius 2 is 1.45 bits per heavy atom. The van der Waals surface area contributed by atoms with E-state index in [0.717, 1.165) is 55.5 Å². The molecule has 1 heterocycles. The summed E-state index contributed by atoms with van der Waals surface area (Å²) < 4.78 is 15.9. The average Bonchev–Trinajstić information content (AvgIpc) is 2.80. The van der Waals surface area contributed by atoms with Crippen LogP contribution in [0.1, 0.15) is 11.1 Å². The van der Waals surface area contributed by atoms with Crippen LogP contribution in [0.2, 0.25) is 0 Å². The molecule has 0 bridgehead atoms. The summed E-state index contributed by atoms with van der Waals surface area (Å²) in [5.74, 6) is 2.55. The van der Waals surface area contributed by atoms with Crippen molar-refractivity contribution in [1.29, 1.82) is 0 Å². The third-order valence-corrected chi connectivity index (χ3v) is 5.97. The Labute approximate surface area is 185 Å². The number of benzene rings is 2. The van der Waals surface area contributed by atoms with E-state index in [1.54, 1.807) is 21.3 Å². The molecule has 0 radical (unpaired) electrons. The second kappa shape index (κ2) is 11.0. The Hall–Kier alpha value is -2.77. The summed E-state index contributed by atoms with van der Waals surface area (Å²) in [5, 5.41) is 0. The molecule has 0 aliphatic carbocycles. The summed E-state index contributed by atoms with van der Waals surface area (Å²) in [4.78, 5) is 17.4. The minimum atomic E-state index is 0.189. The van der Waals surface area contributed by atoms with Gasteiger partial charge in [0.05, 0.1) is 21.3 Å². The molecule has 1 fully saturated rings. The van der Waals surface area contributed by atoms with Gasteiger partial charge in [0, 0.05) is 19.2 Å². The number of carbonyl (C=O) groups excluding carboxylic acids is 1. The molecule has 7 nitrogen and oxygen atoms in total. The van der Waals surface area contributed by atoms with Crippen LogP contribution < -0.4 is 24.0 Å². The zero-order valence-corrected chi connectivity index (χ0v) is 19.1. The Morgan fingerprint density at radius 1 is 0.839 bits per heavy atom. The number of nitrogens with zero attached hydrogens (tertiary/aromatic N) is 1. The first-order chi connectivity index (χ1) is 15.0. The van der Waals surface area contributed by atoms with Crippen LogP contribution in [0, 0.1) is 0 Å². The van der Waals surface area contributed by atoms with Crippen molar-refractivity contribution in [2.24, 2.45) is 0 Å². The van der Waals surface area contributed by atoms with Gasteiger partial charge in [-0.1, -0.05) is 12.1 Å². The fraction of sp³-hybridized carbons (Fsp3) is 0.458. The summed E-state index contributed by atoms with van der Waals surface area (Å²) in [7, 11) is 6.85. The lowest BCUT2D eigenvalue weighted by Gasteiger charge is -2.30. The van der Waals surface area contributed by atoms with E-state index in [2.05, 4.69) is 12.1 Å². The molecule has 0 spiro atoms. The van der Waals surface area contributed by atoms with Crippen LogP contribution in [0.5, 0.6) is 17.2 Å². The monoisotopic (exact) mass is 429 g/mol. The van der Waals surface area contributed by atoms with Crippen molar-refractivity contribution in [2.75, 3.05) is 61.1 Å². The molecule has 2 N–H and O–H groups in total. The van der Waals surface area contributed by atoms with E-state index in [-0.39, 0.29) is 5.91 Å². The molecule has 0 atom stereocenters. The number of likely N-dealkylation sites (N-methyl/N-ethyl adjacent to an activating group) is 1. The minimum Gasteiger partial charge on any atom is -0.497 e. The van der Waals surface area contributed by atoms with E-state index in [0.29, 0.717) is 13.1 Å². The Balaban J connectivity index is 1.44. The molecular weight excluding hydrogens is 394 g/mol. The van der Waals surface area contributed by atoms with Gasteiger partial charge in [0.1, 0.15) is 38.5 Å². The molecule has 2 aromatic rings. The van der Waals surface area contributed by atoms with E-state index in [1.165, 1.54) is 15.4 Å². The van der Waals surface area contributed by atoms with Crippen LogP contribution in [0.25, 0.3) is 0 Å². The second-order valence-corrected chi connectivity index (χ2v) is 8.14. The van der Waals surface area contributed by atoms with Gasteiger partial charge >= 0.3 is 0 Å². The molecule has 0 saturated carbocycles. The first-order valence-electron chi connectivity index (χ1n) is 10.8. The van der Waals surface area contributed by atoms with Crippen LogP contribution in [-0.2, 0) is 17.9 Å². The maximum absolute atomic E-state index is 12.7.